The molecule has 2 rings (SSSR count). The third kappa shape index (κ3) is 7.36. The quantitative estimate of drug-likeness (QED) is 0.472. The molecular formula is C24H32ClN3O5S. The Bertz CT molecular complexity index is 1080. The summed E-state index contributed by atoms with van der Waals surface area (Å²) < 4.78 is 31.2. The molecule has 0 saturated heterocycles. The van der Waals surface area contributed by atoms with E-state index in [1.54, 1.807) is 36.4 Å². The maximum Gasteiger partial charge on any atom is 0.242 e. The molecule has 0 aliphatic rings. The maximum atomic E-state index is 13.2. The number of nitrogens with one attached hydrogen (secondary N) is 1. The van der Waals surface area contributed by atoms with Gasteiger partial charge in [0.2, 0.25) is 21.8 Å². The lowest BCUT2D eigenvalue weighted by Crippen LogP contribution is -2.48. The van der Waals surface area contributed by atoms with E-state index in [4.69, 9.17) is 16.3 Å². The molecule has 0 aromatic heterocycles. The number of anilines is 1. The smallest absolute Gasteiger partial charge is 0.242 e. The van der Waals surface area contributed by atoms with Crippen molar-refractivity contribution in [3.8, 4) is 5.75 Å². The first-order valence-electron chi connectivity index (χ1n) is 11.0. The second-order valence-corrected chi connectivity index (χ2v) is 10.1. The number of ether oxygens (including phenoxy) is 1. The average Bonchev–Trinajstić information content (AvgIpc) is 2.81. The van der Waals surface area contributed by atoms with Gasteiger partial charge in [0, 0.05) is 31.6 Å². The Morgan fingerprint density at radius 1 is 1.12 bits per heavy atom. The molecule has 0 aliphatic heterocycles. The number of hydrogen-bond donors (Lipinski definition) is 1. The monoisotopic (exact) mass is 509 g/mol. The van der Waals surface area contributed by atoms with Gasteiger partial charge in [-0.15, -0.1) is 0 Å². The Morgan fingerprint density at radius 3 is 2.29 bits per heavy atom. The summed E-state index contributed by atoms with van der Waals surface area (Å²) in [5, 5.41) is 3.12. The van der Waals surface area contributed by atoms with Crippen LogP contribution in [0.25, 0.3) is 0 Å². The van der Waals surface area contributed by atoms with E-state index >= 15 is 0 Å². The number of methoxy groups -OCH3 is 1. The van der Waals surface area contributed by atoms with Crippen LogP contribution in [0, 0.1) is 0 Å². The molecule has 1 N–H and O–H groups in total. The zero-order valence-corrected chi connectivity index (χ0v) is 21.5. The molecule has 0 radical (unpaired) electrons. The fraction of sp³-hybridized carbons (Fsp3) is 0.417. The Kier molecular flexibility index (Phi) is 10.2. The van der Waals surface area contributed by atoms with E-state index in [1.807, 2.05) is 19.1 Å². The zero-order valence-electron chi connectivity index (χ0n) is 20.0. The molecule has 34 heavy (non-hydrogen) atoms. The van der Waals surface area contributed by atoms with Gasteiger partial charge in [0.25, 0.3) is 0 Å². The van der Waals surface area contributed by atoms with Crippen LogP contribution in [0.3, 0.4) is 0 Å². The van der Waals surface area contributed by atoms with Crippen molar-refractivity contribution in [2.45, 2.75) is 38.8 Å². The van der Waals surface area contributed by atoms with Crippen molar-refractivity contribution < 1.29 is 22.7 Å². The number of nitrogens with zero attached hydrogens (tertiary/aromatic N) is 2. The number of rotatable bonds is 12. The Morgan fingerprint density at radius 2 is 1.76 bits per heavy atom. The van der Waals surface area contributed by atoms with Crippen LogP contribution in [-0.2, 0) is 26.2 Å². The van der Waals surface area contributed by atoms with Crippen LogP contribution in [0.1, 0.15) is 31.7 Å². The Balaban J connectivity index is 2.19. The van der Waals surface area contributed by atoms with E-state index in [9.17, 15) is 18.0 Å². The molecule has 0 spiro atoms. The molecule has 0 heterocycles. The molecule has 0 saturated carbocycles. The summed E-state index contributed by atoms with van der Waals surface area (Å²) in [5.41, 5.74) is 1.22. The first-order chi connectivity index (χ1) is 16.1. The van der Waals surface area contributed by atoms with Crippen molar-refractivity contribution >= 4 is 39.1 Å². The van der Waals surface area contributed by atoms with Gasteiger partial charge < -0.3 is 15.0 Å². The zero-order chi connectivity index (χ0) is 25.3. The molecule has 8 nitrogen and oxygen atoms in total. The third-order valence-corrected chi connectivity index (χ3v) is 7.01. The van der Waals surface area contributed by atoms with Crippen LogP contribution >= 0.6 is 11.6 Å². The number of carbonyl (C=O) groups is 2. The van der Waals surface area contributed by atoms with Gasteiger partial charge in [0.1, 0.15) is 11.8 Å². The fourth-order valence-electron chi connectivity index (χ4n) is 3.65. The van der Waals surface area contributed by atoms with Crippen LogP contribution in [0.4, 0.5) is 5.69 Å². The van der Waals surface area contributed by atoms with Crippen molar-refractivity contribution in [2.24, 2.45) is 0 Å². The van der Waals surface area contributed by atoms with Crippen molar-refractivity contribution in [3.63, 3.8) is 0 Å². The van der Waals surface area contributed by atoms with Crippen LogP contribution in [0.2, 0.25) is 5.02 Å². The molecule has 2 aromatic rings. The molecule has 2 aromatic carbocycles. The van der Waals surface area contributed by atoms with E-state index in [-0.39, 0.29) is 37.7 Å². The molecule has 10 heteroatoms. The lowest BCUT2D eigenvalue weighted by molar-refractivity contribution is -0.141. The molecule has 0 unspecified atom stereocenters. The van der Waals surface area contributed by atoms with E-state index in [0.717, 1.165) is 11.8 Å². The molecule has 186 valence electrons. The Labute approximate surface area is 206 Å². The number of benzene rings is 2. The lowest BCUT2D eigenvalue weighted by atomic mass is 10.1. The van der Waals surface area contributed by atoms with E-state index in [0.29, 0.717) is 22.9 Å². The minimum absolute atomic E-state index is 0.0696. The SMILES string of the molecule is CC[C@H](C(=O)NC)N(Cc1ccccc1Cl)C(=O)CCCN(c1ccc(OC)cc1)S(C)(=O)=O. The molecule has 0 fully saturated rings. The molecule has 1 atom stereocenters. The summed E-state index contributed by atoms with van der Waals surface area (Å²) in [5.74, 6) is 0.0971. The summed E-state index contributed by atoms with van der Waals surface area (Å²) in [6.07, 6.45) is 1.90. The molecule has 0 aliphatic carbocycles. The summed E-state index contributed by atoms with van der Waals surface area (Å²) in [7, 11) is -0.499. The number of sulfonamides is 1. The highest BCUT2D eigenvalue weighted by atomic mass is 35.5. The standard InChI is InChI=1S/C24H32ClN3O5S/c1-5-22(24(30)26-2)27(17-18-9-6-7-10-21(18)25)23(29)11-8-16-28(34(4,31)32)19-12-14-20(33-3)15-13-19/h6-7,9-10,12-15,22H,5,8,11,16-17H2,1-4H3,(H,26,30)/t22-/m1/s1. The fourth-order valence-corrected chi connectivity index (χ4v) is 4.81. The first-order valence-corrected chi connectivity index (χ1v) is 13.2. The molecular weight excluding hydrogens is 478 g/mol. The molecule has 0 bridgehead atoms. The predicted octanol–water partition coefficient (Wildman–Crippen LogP) is 3.45. The number of hydrogen-bond acceptors (Lipinski definition) is 5. The van der Waals surface area contributed by atoms with Gasteiger partial charge in [0.05, 0.1) is 19.1 Å². The summed E-state index contributed by atoms with van der Waals surface area (Å²) >= 11 is 6.30. The summed E-state index contributed by atoms with van der Waals surface area (Å²) in [6.45, 7) is 2.13. The van der Waals surface area contributed by atoms with Crippen LogP contribution in [0.15, 0.2) is 48.5 Å². The average molecular weight is 510 g/mol. The van der Waals surface area contributed by atoms with Crippen molar-refractivity contribution in [1.82, 2.24) is 10.2 Å². The number of amides is 2. The highest BCUT2D eigenvalue weighted by Crippen LogP contribution is 2.23. The van der Waals surface area contributed by atoms with Crippen molar-refractivity contribution in [1.29, 1.82) is 0 Å². The summed E-state index contributed by atoms with van der Waals surface area (Å²) in [6, 6.07) is 13.2. The van der Waals surface area contributed by atoms with Gasteiger partial charge in [-0.25, -0.2) is 8.42 Å². The topological polar surface area (TPSA) is 96.0 Å². The van der Waals surface area contributed by atoms with E-state index in [1.165, 1.54) is 23.4 Å². The third-order valence-electron chi connectivity index (χ3n) is 5.44. The second kappa shape index (κ2) is 12.6. The van der Waals surface area contributed by atoms with Gasteiger partial charge >= 0.3 is 0 Å². The Hall–Kier alpha value is -2.78. The van der Waals surface area contributed by atoms with Crippen molar-refractivity contribution in [3.05, 3.63) is 59.1 Å². The van der Waals surface area contributed by atoms with Crippen LogP contribution < -0.4 is 14.4 Å². The normalized spacial score (nSPS) is 12.0. The van der Waals surface area contributed by atoms with E-state index in [2.05, 4.69) is 5.32 Å². The highest BCUT2D eigenvalue weighted by Gasteiger charge is 2.28. The van der Waals surface area contributed by atoms with Gasteiger partial charge in [-0.2, -0.15) is 0 Å². The first kappa shape index (κ1) is 27.5. The second-order valence-electron chi connectivity index (χ2n) is 7.79. The number of halogens is 1. The lowest BCUT2D eigenvalue weighted by Gasteiger charge is -2.31. The predicted molar refractivity (Wildman–Crippen MR) is 135 cm³/mol. The minimum Gasteiger partial charge on any atom is -0.497 e. The van der Waals surface area contributed by atoms with Gasteiger partial charge in [-0.3, -0.25) is 13.9 Å². The van der Waals surface area contributed by atoms with Crippen molar-refractivity contribution in [2.75, 3.05) is 31.3 Å². The number of likely N-dealkylation sites (N-methyl/N-ethyl adjacent to an activating group) is 1. The number of carbonyl (C=O) groups excluding carboxylic acids is 2. The van der Waals surface area contributed by atoms with Crippen LogP contribution in [-0.4, -0.2) is 58.1 Å². The maximum absolute atomic E-state index is 13.2. The largest absolute Gasteiger partial charge is 0.497 e. The van der Waals surface area contributed by atoms with E-state index < -0.39 is 16.1 Å². The van der Waals surface area contributed by atoms with Gasteiger partial charge in [-0.1, -0.05) is 36.7 Å². The minimum atomic E-state index is -3.56. The van der Waals surface area contributed by atoms with Crippen LogP contribution in [0.5, 0.6) is 5.75 Å². The summed E-state index contributed by atoms with van der Waals surface area (Å²) in [4.78, 5) is 27.2. The molecule has 2 amide bonds. The highest BCUT2D eigenvalue weighted by molar-refractivity contribution is 7.92. The van der Waals surface area contributed by atoms with Gasteiger partial charge in [-0.05, 0) is 48.7 Å². The van der Waals surface area contributed by atoms with Gasteiger partial charge in [0.15, 0.2) is 0 Å².